The number of H-pyrrole nitrogens is 2. The minimum atomic E-state index is -0.345. The van der Waals surface area contributed by atoms with Gasteiger partial charge >= 0.3 is 0 Å². The number of rotatable bonds is 7. The number of fused-ring (bicyclic) bond motifs is 2. The number of nitrogens with zero attached hydrogens (tertiary/aromatic N) is 7. The topological polar surface area (TPSA) is 124 Å². The third-order valence-electron chi connectivity index (χ3n) is 6.00. The first-order chi connectivity index (χ1) is 18.0. The molecule has 37 heavy (non-hydrogen) atoms. The second kappa shape index (κ2) is 9.36. The first kappa shape index (κ1) is 22.7. The molecular formula is C26H23FN10. The first-order valence-electron chi connectivity index (χ1n) is 11.7. The fraction of sp³-hybridized carbons (Fsp3) is 0.154. The zero-order valence-electron chi connectivity index (χ0n) is 20.2. The van der Waals surface area contributed by atoms with Gasteiger partial charge in [-0.2, -0.15) is 5.10 Å². The molecule has 0 unspecified atom stereocenters. The average molecular weight is 495 g/mol. The van der Waals surface area contributed by atoms with Crippen LogP contribution in [0.4, 0.5) is 10.1 Å². The number of pyridine rings is 2. The van der Waals surface area contributed by atoms with Crippen LogP contribution >= 0.6 is 0 Å². The minimum absolute atomic E-state index is 0.345. The highest BCUT2D eigenvalue weighted by Crippen LogP contribution is 2.32. The monoisotopic (exact) mass is 494 g/mol. The molecule has 0 aliphatic carbocycles. The number of anilines is 1. The quantitative estimate of drug-likeness (QED) is 0.303. The van der Waals surface area contributed by atoms with E-state index < -0.39 is 0 Å². The fourth-order valence-electron chi connectivity index (χ4n) is 4.20. The van der Waals surface area contributed by atoms with Crippen LogP contribution in [0.3, 0.4) is 0 Å². The Labute approximate surface area is 211 Å². The van der Waals surface area contributed by atoms with E-state index in [4.69, 9.17) is 4.98 Å². The highest BCUT2D eigenvalue weighted by molar-refractivity contribution is 5.96. The number of aromatic nitrogens is 8. The van der Waals surface area contributed by atoms with Crippen LogP contribution in [0.5, 0.6) is 0 Å². The third kappa shape index (κ3) is 4.47. The maximum atomic E-state index is 14.5. The van der Waals surface area contributed by atoms with E-state index in [1.165, 1.54) is 18.5 Å². The largest absolute Gasteiger partial charge is 0.384 e. The van der Waals surface area contributed by atoms with Crippen LogP contribution in [-0.4, -0.2) is 72.2 Å². The number of hydrogen-bond acceptors (Lipinski definition) is 8. The Morgan fingerprint density at radius 2 is 1.84 bits per heavy atom. The van der Waals surface area contributed by atoms with E-state index in [1.54, 1.807) is 24.8 Å². The molecule has 0 atom stereocenters. The van der Waals surface area contributed by atoms with Crippen molar-refractivity contribution in [3.05, 3.63) is 67.3 Å². The molecule has 11 heteroatoms. The number of benzene rings is 1. The van der Waals surface area contributed by atoms with E-state index >= 15 is 0 Å². The Morgan fingerprint density at radius 3 is 2.68 bits per heavy atom. The molecular weight excluding hydrogens is 471 g/mol. The summed E-state index contributed by atoms with van der Waals surface area (Å²) in [6, 6.07) is 8.66. The van der Waals surface area contributed by atoms with Gasteiger partial charge in [-0.15, -0.1) is 0 Å². The van der Waals surface area contributed by atoms with Crippen LogP contribution in [0.1, 0.15) is 0 Å². The standard InChI is InChI=1S/C26H23FN10/c1-37(2)6-5-30-19-8-15(7-18(27)10-19)22-24-21(3-4-31-22)33-26(34-24)23-20-9-16(13-32-25(20)36-35-23)17-11-28-14-29-12-17/h3-4,7-14,30H,5-6H2,1-2H3,(H,33,34)(H,32,35,36). The van der Waals surface area contributed by atoms with Crippen molar-refractivity contribution in [3.8, 4) is 33.9 Å². The number of halogens is 1. The Balaban J connectivity index is 1.41. The second-order valence-electron chi connectivity index (χ2n) is 8.92. The fourth-order valence-corrected chi connectivity index (χ4v) is 4.20. The number of imidazole rings is 1. The highest BCUT2D eigenvalue weighted by atomic mass is 19.1. The molecule has 3 N–H and O–H groups in total. The lowest BCUT2D eigenvalue weighted by Gasteiger charge is -2.12. The molecule has 0 saturated carbocycles. The average Bonchev–Trinajstić information content (AvgIpc) is 3.52. The zero-order chi connectivity index (χ0) is 25.4. The van der Waals surface area contributed by atoms with Gasteiger partial charge in [0.15, 0.2) is 11.5 Å². The predicted molar refractivity (Wildman–Crippen MR) is 140 cm³/mol. The Morgan fingerprint density at radius 1 is 0.973 bits per heavy atom. The summed E-state index contributed by atoms with van der Waals surface area (Å²) in [5.74, 6) is 0.234. The van der Waals surface area contributed by atoms with E-state index in [1.807, 2.05) is 32.3 Å². The van der Waals surface area contributed by atoms with Gasteiger partial charge < -0.3 is 15.2 Å². The molecule has 0 spiro atoms. The van der Waals surface area contributed by atoms with Crippen LogP contribution in [0.2, 0.25) is 0 Å². The van der Waals surface area contributed by atoms with E-state index in [0.717, 1.165) is 28.6 Å². The van der Waals surface area contributed by atoms with Crippen molar-refractivity contribution < 1.29 is 4.39 Å². The summed E-state index contributed by atoms with van der Waals surface area (Å²) < 4.78 is 14.5. The maximum absolute atomic E-state index is 14.5. The number of hydrogen-bond donors (Lipinski definition) is 3. The molecule has 0 fully saturated rings. The van der Waals surface area contributed by atoms with E-state index in [0.29, 0.717) is 46.2 Å². The molecule has 6 aromatic rings. The van der Waals surface area contributed by atoms with E-state index in [9.17, 15) is 4.39 Å². The van der Waals surface area contributed by atoms with E-state index in [2.05, 4.69) is 45.3 Å². The molecule has 0 amide bonds. The van der Waals surface area contributed by atoms with Gasteiger partial charge in [0.05, 0.1) is 16.6 Å². The number of aromatic amines is 2. The summed E-state index contributed by atoms with van der Waals surface area (Å²) in [4.78, 5) is 27.4. The zero-order valence-corrected chi connectivity index (χ0v) is 20.2. The lowest BCUT2D eigenvalue weighted by Crippen LogP contribution is -2.20. The van der Waals surface area contributed by atoms with Crippen LogP contribution < -0.4 is 5.32 Å². The van der Waals surface area contributed by atoms with Gasteiger partial charge in [0.2, 0.25) is 0 Å². The highest BCUT2D eigenvalue weighted by Gasteiger charge is 2.17. The van der Waals surface area contributed by atoms with Gasteiger partial charge in [-0.25, -0.2) is 24.3 Å². The van der Waals surface area contributed by atoms with Gasteiger partial charge in [0.1, 0.15) is 23.4 Å². The Kier molecular flexibility index (Phi) is 5.73. The lowest BCUT2D eigenvalue weighted by atomic mass is 10.1. The molecule has 10 nitrogen and oxygen atoms in total. The molecule has 184 valence electrons. The normalized spacial score (nSPS) is 11.6. The first-order valence-corrected chi connectivity index (χ1v) is 11.7. The molecule has 0 aliphatic rings. The van der Waals surface area contributed by atoms with Crippen molar-refractivity contribution in [3.63, 3.8) is 0 Å². The van der Waals surface area contributed by atoms with Gasteiger partial charge in [0, 0.05) is 60.3 Å². The predicted octanol–water partition coefficient (Wildman–Crippen LogP) is 4.13. The minimum Gasteiger partial charge on any atom is -0.384 e. The molecule has 0 aliphatic heterocycles. The second-order valence-corrected chi connectivity index (χ2v) is 8.92. The van der Waals surface area contributed by atoms with Crippen molar-refractivity contribution in [2.24, 2.45) is 0 Å². The molecule has 1 aromatic carbocycles. The van der Waals surface area contributed by atoms with Gasteiger partial charge in [0.25, 0.3) is 0 Å². The summed E-state index contributed by atoms with van der Waals surface area (Å²) in [5.41, 5.74) is 6.28. The summed E-state index contributed by atoms with van der Waals surface area (Å²) in [6.45, 7) is 1.52. The third-order valence-corrected chi connectivity index (χ3v) is 6.00. The van der Waals surface area contributed by atoms with Crippen molar-refractivity contribution in [2.45, 2.75) is 0 Å². The lowest BCUT2D eigenvalue weighted by molar-refractivity contribution is 0.425. The van der Waals surface area contributed by atoms with Crippen LogP contribution in [-0.2, 0) is 0 Å². The number of likely N-dealkylation sites (N-methyl/N-ethyl adjacent to an activating group) is 1. The summed E-state index contributed by atoms with van der Waals surface area (Å²) in [6.07, 6.45) is 8.37. The van der Waals surface area contributed by atoms with Crippen molar-refractivity contribution in [2.75, 3.05) is 32.5 Å². The van der Waals surface area contributed by atoms with Crippen LogP contribution in [0.15, 0.2) is 61.4 Å². The molecule has 5 heterocycles. The molecule has 0 bridgehead atoms. The molecule has 0 radical (unpaired) electrons. The molecule has 0 saturated heterocycles. The van der Waals surface area contributed by atoms with Crippen LogP contribution in [0.25, 0.3) is 56.0 Å². The van der Waals surface area contributed by atoms with Gasteiger partial charge in [-0.05, 0) is 44.4 Å². The Hall–Kier alpha value is -4.77. The molecule has 5 aromatic heterocycles. The Bertz CT molecular complexity index is 1710. The SMILES string of the molecule is CN(C)CCNc1cc(F)cc(-c2nccc3[nH]c(-c4[nH]nc5ncc(-c6cncnc6)cc45)nc23)c1. The molecule has 6 rings (SSSR count). The maximum Gasteiger partial charge on any atom is 0.181 e. The van der Waals surface area contributed by atoms with E-state index in [-0.39, 0.29) is 5.82 Å². The summed E-state index contributed by atoms with van der Waals surface area (Å²) >= 11 is 0. The van der Waals surface area contributed by atoms with Crippen molar-refractivity contribution in [1.29, 1.82) is 0 Å². The van der Waals surface area contributed by atoms with Crippen molar-refractivity contribution >= 4 is 27.8 Å². The van der Waals surface area contributed by atoms with Gasteiger partial charge in [-0.3, -0.25) is 10.1 Å². The van der Waals surface area contributed by atoms with Gasteiger partial charge in [-0.1, -0.05) is 0 Å². The van der Waals surface area contributed by atoms with Crippen molar-refractivity contribution in [1.82, 2.24) is 45.0 Å². The summed E-state index contributed by atoms with van der Waals surface area (Å²) in [7, 11) is 3.99. The number of nitrogens with one attached hydrogen (secondary N) is 3. The summed E-state index contributed by atoms with van der Waals surface area (Å²) in [5, 5.41) is 11.5. The smallest absolute Gasteiger partial charge is 0.181 e. The van der Waals surface area contributed by atoms with Crippen LogP contribution in [0, 0.1) is 5.82 Å².